The lowest BCUT2D eigenvalue weighted by Crippen LogP contribution is -2.29. The Bertz CT molecular complexity index is 609. The summed E-state index contributed by atoms with van der Waals surface area (Å²) in [6.07, 6.45) is 10.9. The number of phosphoric ester groups is 1. The van der Waals surface area contributed by atoms with E-state index in [1.54, 1.807) is 0 Å². The zero-order valence-corrected chi connectivity index (χ0v) is 21.7. The summed E-state index contributed by atoms with van der Waals surface area (Å²) in [4.78, 5) is 52.5. The average molecular weight is 510 g/mol. The van der Waals surface area contributed by atoms with Crippen LogP contribution in [0.25, 0.3) is 0 Å². The summed E-state index contributed by atoms with van der Waals surface area (Å²) < 4.78 is 25.7. The third-order valence-electron chi connectivity index (χ3n) is 5.07. The van der Waals surface area contributed by atoms with Crippen molar-refractivity contribution in [3.8, 4) is 0 Å². The molecular weight excluding hydrogens is 465 g/mol. The van der Waals surface area contributed by atoms with E-state index in [0.717, 1.165) is 64.2 Å². The van der Waals surface area contributed by atoms with Crippen LogP contribution in [0.3, 0.4) is 0 Å². The van der Waals surface area contributed by atoms with E-state index in [9.17, 15) is 18.9 Å². The Kier molecular flexibility index (Phi) is 19.9. The van der Waals surface area contributed by atoms with Crippen LogP contribution in [0.15, 0.2) is 0 Å². The number of nitrogens with one attached hydrogen (secondary N) is 1. The molecule has 0 aliphatic rings. The SMILES string of the molecule is CCCCCCCC(=O)O[C@H](COC(=O)CCCCCCCCCNC(C)=O)COP(=O)(O)O. The zero-order chi connectivity index (χ0) is 25.7. The van der Waals surface area contributed by atoms with Gasteiger partial charge in [0.25, 0.3) is 0 Å². The molecule has 0 radical (unpaired) electrons. The van der Waals surface area contributed by atoms with Gasteiger partial charge in [-0.3, -0.25) is 18.9 Å². The van der Waals surface area contributed by atoms with E-state index < -0.39 is 32.5 Å². The molecule has 0 saturated heterocycles. The van der Waals surface area contributed by atoms with Crippen molar-refractivity contribution in [1.29, 1.82) is 0 Å². The molecule has 0 fully saturated rings. The molecule has 0 aliphatic carbocycles. The molecule has 0 bridgehead atoms. The fourth-order valence-corrected chi connectivity index (χ4v) is 3.58. The van der Waals surface area contributed by atoms with Crippen LogP contribution >= 0.6 is 7.82 Å². The molecule has 0 aromatic carbocycles. The molecule has 0 aromatic heterocycles. The van der Waals surface area contributed by atoms with Crippen molar-refractivity contribution in [3.63, 3.8) is 0 Å². The number of rotatable bonds is 22. The third kappa shape index (κ3) is 23.7. The summed E-state index contributed by atoms with van der Waals surface area (Å²) in [7, 11) is -4.74. The molecule has 0 unspecified atom stereocenters. The Labute approximate surface area is 203 Å². The smallest absolute Gasteiger partial charge is 0.462 e. The topological polar surface area (TPSA) is 148 Å². The molecule has 1 atom stereocenters. The normalized spacial score (nSPS) is 12.2. The van der Waals surface area contributed by atoms with Gasteiger partial charge >= 0.3 is 19.8 Å². The number of unbranched alkanes of at least 4 members (excludes halogenated alkanes) is 10. The van der Waals surface area contributed by atoms with Crippen molar-refractivity contribution in [2.24, 2.45) is 0 Å². The number of hydrogen-bond donors (Lipinski definition) is 3. The molecule has 34 heavy (non-hydrogen) atoms. The van der Waals surface area contributed by atoms with Gasteiger partial charge in [0.2, 0.25) is 5.91 Å². The lowest BCUT2D eigenvalue weighted by molar-refractivity contribution is -0.161. The minimum atomic E-state index is -4.74. The molecule has 10 nitrogen and oxygen atoms in total. The molecule has 3 N–H and O–H groups in total. The van der Waals surface area contributed by atoms with Crippen LogP contribution in [-0.4, -0.2) is 53.5 Å². The Balaban J connectivity index is 4.06. The summed E-state index contributed by atoms with van der Waals surface area (Å²) in [5.41, 5.74) is 0. The van der Waals surface area contributed by atoms with E-state index in [1.165, 1.54) is 6.92 Å². The van der Waals surface area contributed by atoms with Crippen LogP contribution in [0.5, 0.6) is 0 Å². The van der Waals surface area contributed by atoms with Gasteiger partial charge in [0.1, 0.15) is 6.61 Å². The second-order valence-electron chi connectivity index (χ2n) is 8.45. The first-order valence-electron chi connectivity index (χ1n) is 12.4. The quantitative estimate of drug-likeness (QED) is 0.111. The Morgan fingerprint density at radius 2 is 1.32 bits per heavy atom. The van der Waals surface area contributed by atoms with Crippen LogP contribution in [0, 0.1) is 0 Å². The minimum Gasteiger partial charge on any atom is -0.462 e. The van der Waals surface area contributed by atoms with Gasteiger partial charge in [-0.15, -0.1) is 0 Å². The third-order valence-corrected chi connectivity index (χ3v) is 5.56. The minimum absolute atomic E-state index is 0.0107. The number of carbonyl (C=O) groups excluding carboxylic acids is 3. The summed E-state index contributed by atoms with van der Waals surface area (Å²) in [6.45, 7) is 3.44. The Morgan fingerprint density at radius 1 is 0.794 bits per heavy atom. The largest absolute Gasteiger partial charge is 0.469 e. The fourth-order valence-electron chi connectivity index (χ4n) is 3.21. The summed E-state index contributed by atoms with van der Waals surface area (Å²) >= 11 is 0. The van der Waals surface area contributed by atoms with E-state index in [4.69, 9.17) is 19.3 Å². The maximum absolute atomic E-state index is 12.0. The van der Waals surface area contributed by atoms with Crippen LogP contribution in [0.4, 0.5) is 0 Å². The van der Waals surface area contributed by atoms with Crippen molar-refractivity contribution in [2.45, 2.75) is 110 Å². The number of esters is 2. The van der Waals surface area contributed by atoms with Crippen LogP contribution in [0.2, 0.25) is 0 Å². The molecule has 0 aliphatic heterocycles. The molecule has 11 heteroatoms. The maximum atomic E-state index is 12.0. The van der Waals surface area contributed by atoms with Crippen molar-refractivity contribution in [1.82, 2.24) is 5.32 Å². The molecule has 0 spiro atoms. The number of carbonyl (C=O) groups is 3. The van der Waals surface area contributed by atoms with Gasteiger partial charge in [0, 0.05) is 26.3 Å². The highest BCUT2D eigenvalue weighted by Gasteiger charge is 2.22. The molecule has 0 saturated carbocycles. The van der Waals surface area contributed by atoms with Gasteiger partial charge in [-0.1, -0.05) is 64.7 Å². The molecular formula is C23H44NO9P. The van der Waals surface area contributed by atoms with E-state index in [-0.39, 0.29) is 25.4 Å². The van der Waals surface area contributed by atoms with Gasteiger partial charge in [-0.05, 0) is 19.3 Å². The number of hydrogen-bond acceptors (Lipinski definition) is 7. The van der Waals surface area contributed by atoms with Gasteiger partial charge < -0.3 is 24.6 Å². The van der Waals surface area contributed by atoms with E-state index in [0.29, 0.717) is 19.4 Å². The number of ether oxygens (including phenoxy) is 2. The maximum Gasteiger partial charge on any atom is 0.469 e. The Morgan fingerprint density at radius 3 is 1.88 bits per heavy atom. The number of phosphoric acid groups is 1. The highest BCUT2D eigenvalue weighted by Crippen LogP contribution is 2.35. The standard InChI is InChI=1S/C23H44NO9P/c1-3-4-5-9-13-16-23(27)33-21(19-32-34(28,29)30)18-31-22(26)15-12-10-7-6-8-11-14-17-24-20(2)25/h21H,3-19H2,1-2H3,(H,24,25)(H2,28,29,30)/t21-/m1/s1. The summed E-state index contributed by atoms with van der Waals surface area (Å²) in [5.74, 6) is -0.973. The van der Waals surface area contributed by atoms with Crippen molar-refractivity contribution in [2.75, 3.05) is 19.8 Å². The van der Waals surface area contributed by atoms with Gasteiger partial charge in [-0.25, -0.2) is 4.57 Å². The first-order chi connectivity index (χ1) is 16.1. The van der Waals surface area contributed by atoms with Crippen molar-refractivity contribution < 1.29 is 42.7 Å². The average Bonchev–Trinajstić information content (AvgIpc) is 2.76. The van der Waals surface area contributed by atoms with Crippen LogP contribution in [0.1, 0.15) is 104 Å². The molecule has 200 valence electrons. The first kappa shape index (κ1) is 32.5. The second-order valence-corrected chi connectivity index (χ2v) is 9.69. The zero-order valence-electron chi connectivity index (χ0n) is 20.8. The van der Waals surface area contributed by atoms with Gasteiger partial charge in [0.05, 0.1) is 6.61 Å². The van der Waals surface area contributed by atoms with Crippen LogP contribution in [-0.2, 0) is 32.9 Å². The predicted molar refractivity (Wildman–Crippen MR) is 128 cm³/mol. The lowest BCUT2D eigenvalue weighted by Gasteiger charge is -2.18. The first-order valence-corrected chi connectivity index (χ1v) is 14.0. The van der Waals surface area contributed by atoms with Gasteiger partial charge in [-0.2, -0.15) is 0 Å². The van der Waals surface area contributed by atoms with E-state index in [2.05, 4.69) is 16.8 Å². The summed E-state index contributed by atoms with van der Waals surface area (Å²) in [5, 5.41) is 2.77. The van der Waals surface area contributed by atoms with Gasteiger partial charge in [0.15, 0.2) is 6.10 Å². The molecule has 0 heterocycles. The molecule has 1 amide bonds. The second kappa shape index (κ2) is 20.9. The molecule has 0 aromatic rings. The lowest BCUT2D eigenvalue weighted by atomic mass is 10.1. The molecule has 0 rings (SSSR count). The monoisotopic (exact) mass is 509 g/mol. The predicted octanol–water partition coefficient (Wildman–Crippen LogP) is 4.17. The highest BCUT2D eigenvalue weighted by molar-refractivity contribution is 7.46. The Hall–Kier alpha value is -1.48. The summed E-state index contributed by atoms with van der Waals surface area (Å²) in [6, 6.07) is 0. The fraction of sp³-hybridized carbons (Fsp3) is 0.870. The van der Waals surface area contributed by atoms with Crippen LogP contribution < -0.4 is 5.32 Å². The number of amides is 1. The van der Waals surface area contributed by atoms with Crippen molar-refractivity contribution in [3.05, 3.63) is 0 Å². The van der Waals surface area contributed by atoms with Crippen molar-refractivity contribution >= 4 is 25.7 Å². The van der Waals surface area contributed by atoms with E-state index >= 15 is 0 Å². The van der Waals surface area contributed by atoms with E-state index in [1.807, 2.05) is 0 Å². The highest BCUT2D eigenvalue weighted by atomic mass is 31.2.